The third-order valence-electron chi connectivity index (χ3n) is 2.59. The Balaban J connectivity index is 2.16. The molecule has 88 valence electrons. The summed E-state index contributed by atoms with van der Waals surface area (Å²) >= 11 is 3.30. The highest BCUT2D eigenvalue weighted by Gasteiger charge is 2.28. The minimum atomic E-state index is -0.0802. The van der Waals surface area contributed by atoms with Crippen molar-refractivity contribution < 1.29 is 4.74 Å². The lowest BCUT2D eigenvalue weighted by molar-refractivity contribution is 0.149. The number of ether oxygens (including phenoxy) is 1. The molecule has 1 aliphatic carbocycles. The standard InChI is InChI=1S/C11H15BrN2O2/c1-2-16-6-5-8-13-10(7-3-4-7)9(12)11(15)14-8/h7H,2-6H2,1H3,(H,13,14,15). The Morgan fingerprint density at radius 2 is 2.31 bits per heavy atom. The molecule has 1 saturated carbocycles. The van der Waals surface area contributed by atoms with Crippen LogP contribution in [0, 0.1) is 0 Å². The molecular weight excluding hydrogens is 272 g/mol. The minimum Gasteiger partial charge on any atom is -0.381 e. The fourth-order valence-electron chi connectivity index (χ4n) is 1.58. The van der Waals surface area contributed by atoms with Crippen molar-refractivity contribution in [2.24, 2.45) is 0 Å². The van der Waals surface area contributed by atoms with Gasteiger partial charge >= 0.3 is 0 Å². The zero-order valence-electron chi connectivity index (χ0n) is 9.25. The topological polar surface area (TPSA) is 55.0 Å². The average Bonchev–Trinajstić information content (AvgIpc) is 3.07. The number of halogens is 1. The quantitative estimate of drug-likeness (QED) is 0.843. The van der Waals surface area contributed by atoms with Gasteiger partial charge in [-0.1, -0.05) is 0 Å². The first-order chi connectivity index (χ1) is 7.72. The molecule has 5 heteroatoms. The zero-order valence-corrected chi connectivity index (χ0v) is 10.8. The molecule has 0 spiro atoms. The molecule has 1 aromatic heterocycles. The van der Waals surface area contributed by atoms with E-state index >= 15 is 0 Å². The fourth-order valence-corrected chi connectivity index (χ4v) is 2.10. The van der Waals surface area contributed by atoms with E-state index in [2.05, 4.69) is 25.9 Å². The number of hydrogen-bond donors (Lipinski definition) is 1. The van der Waals surface area contributed by atoms with Gasteiger partial charge in [-0.05, 0) is 35.7 Å². The molecule has 1 aromatic rings. The Hall–Kier alpha value is -0.680. The van der Waals surface area contributed by atoms with E-state index in [4.69, 9.17) is 4.74 Å². The van der Waals surface area contributed by atoms with Crippen LogP contribution in [0.15, 0.2) is 9.27 Å². The number of rotatable bonds is 5. The van der Waals surface area contributed by atoms with Crippen molar-refractivity contribution >= 4 is 15.9 Å². The van der Waals surface area contributed by atoms with Crippen molar-refractivity contribution in [2.45, 2.75) is 32.1 Å². The number of nitrogens with one attached hydrogen (secondary N) is 1. The zero-order chi connectivity index (χ0) is 11.5. The molecule has 16 heavy (non-hydrogen) atoms. The Bertz CT molecular complexity index is 426. The summed E-state index contributed by atoms with van der Waals surface area (Å²) in [7, 11) is 0. The molecule has 2 rings (SSSR count). The molecular formula is C11H15BrN2O2. The predicted octanol–water partition coefficient (Wildman–Crippen LogP) is 1.99. The molecule has 0 atom stereocenters. The van der Waals surface area contributed by atoms with Crippen LogP contribution in [-0.4, -0.2) is 23.2 Å². The van der Waals surface area contributed by atoms with E-state index in [0.29, 0.717) is 30.0 Å². The van der Waals surface area contributed by atoms with Gasteiger partial charge in [0.15, 0.2) is 0 Å². The first kappa shape index (κ1) is 11.8. The van der Waals surface area contributed by atoms with Crippen LogP contribution in [0.1, 0.15) is 37.2 Å². The van der Waals surface area contributed by atoms with E-state index in [9.17, 15) is 4.79 Å². The maximum atomic E-state index is 11.6. The molecule has 0 aliphatic heterocycles. The Kier molecular flexibility index (Phi) is 3.76. The van der Waals surface area contributed by atoms with Crippen molar-refractivity contribution in [1.29, 1.82) is 0 Å². The van der Waals surface area contributed by atoms with E-state index < -0.39 is 0 Å². The van der Waals surface area contributed by atoms with Crippen molar-refractivity contribution in [2.75, 3.05) is 13.2 Å². The van der Waals surface area contributed by atoms with Gasteiger partial charge in [-0.25, -0.2) is 4.98 Å². The van der Waals surface area contributed by atoms with E-state index in [1.165, 1.54) is 0 Å². The highest BCUT2D eigenvalue weighted by molar-refractivity contribution is 9.10. The molecule has 0 radical (unpaired) electrons. The lowest BCUT2D eigenvalue weighted by atomic mass is 10.2. The van der Waals surface area contributed by atoms with Crippen molar-refractivity contribution in [3.63, 3.8) is 0 Å². The van der Waals surface area contributed by atoms with Crippen LogP contribution in [-0.2, 0) is 11.2 Å². The van der Waals surface area contributed by atoms with Gasteiger partial charge in [-0.15, -0.1) is 0 Å². The van der Waals surface area contributed by atoms with Crippen molar-refractivity contribution in [1.82, 2.24) is 9.97 Å². The Morgan fingerprint density at radius 3 is 2.94 bits per heavy atom. The number of nitrogens with zero attached hydrogens (tertiary/aromatic N) is 1. The molecule has 0 saturated heterocycles. The molecule has 1 heterocycles. The maximum absolute atomic E-state index is 11.6. The fraction of sp³-hybridized carbons (Fsp3) is 0.636. The van der Waals surface area contributed by atoms with Crippen molar-refractivity contribution in [3.05, 3.63) is 26.3 Å². The summed E-state index contributed by atoms with van der Waals surface area (Å²) in [4.78, 5) is 18.9. The number of aromatic nitrogens is 2. The van der Waals surface area contributed by atoms with Gasteiger partial charge in [0.05, 0.1) is 12.3 Å². The Labute approximate surface area is 103 Å². The summed E-state index contributed by atoms with van der Waals surface area (Å²) in [6.07, 6.45) is 2.94. The van der Waals surface area contributed by atoms with Crippen LogP contribution in [0.25, 0.3) is 0 Å². The van der Waals surface area contributed by atoms with Gasteiger partial charge in [0.1, 0.15) is 10.3 Å². The van der Waals surface area contributed by atoms with Crippen LogP contribution in [0.5, 0.6) is 0 Å². The largest absolute Gasteiger partial charge is 0.381 e. The highest BCUT2D eigenvalue weighted by Crippen LogP contribution is 2.41. The summed E-state index contributed by atoms with van der Waals surface area (Å²) in [5.74, 6) is 1.20. The number of hydrogen-bond acceptors (Lipinski definition) is 3. The number of aromatic amines is 1. The van der Waals surface area contributed by atoms with Crippen LogP contribution >= 0.6 is 15.9 Å². The maximum Gasteiger partial charge on any atom is 0.265 e. The van der Waals surface area contributed by atoms with E-state index in [1.54, 1.807) is 0 Å². The summed E-state index contributed by atoms with van der Waals surface area (Å²) in [5, 5.41) is 0. The van der Waals surface area contributed by atoms with Gasteiger partial charge < -0.3 is 9.72 Å². The van der Waals surface area contributed by atoms with Gasteiger partial charge in [0, 0.05) is 18.9 Å². The second-order valence-electron chi connectivity index (χ2n) is 3.93. The van der Waals surface area contributed by atoms with Crippen LogP contribution < -0.4 is 5.56 Å². The lowest BCUT2D eigenvalue weighted by Crippen LogP contribution is -2.16. The summed E-state index contributed by atoms with van der Waals surface area (Å²) in [6, 6.07) is 0. The highest BCUT2D eigenvalue weighted by atomic mass is 79.9. The van der Waals surface area contributed by atoms with Crippen molar-refractivity contribution in [3.8, 4) is 0 Å². The SMILES string of the molecule is CCOCCc1nc(C2CC2)c(Br)c(=O)[nH]1. The first-order valence-corrected chi connectivity index (χ1v) is 6.38. The van der Waals surface area contributed by atoms with E-state index in [0.717, 1.165) is 24.4 Å². The van der Waals surface area contributed by atoms with E-state index in [-0.39, 0.29) is 5.56 Å². The molecule has 0 bridgehead atoms. The third-order valence-corrected chi connectivity index (χ3v) is 3.36. The molecule has 4 nitrogen and oxygen atoms in total. The minimum absolute atomic E-state index is 0.0802. The molecule has 0 amide bonds. The van der Waals surface area contributed by atoms with Gasteiger partial charge in [-0.3, -0.25) is 4.79 Å². The predicted molar refractivity (Wildman–Crippen MR) is 64.7 cm³/mol. The van der Waals surface area contributed by atoms with Gasteiger partial charge in [-0.2, -0.15) is 0 Å². The molecule has 1 aliphatic rings. The monoisotopic (exact) mass is 286 g/mol. The average molecular weight is 287 g/mol. The molecule has 1 fully saturated rings. The second-order valence-corrected chi connectivity index (χ2v) is 4.73. The smallest absolute Gasteiger partial charge is 0.265 e. The summed E-state index contributed by atoms with van der Waals surface area (Å²) < 4.78 is 5.84. The summed E-state index contributed by atoms with van der Waals surface area (Å²) in [6.45, 7) is 3.24. The van der Waals surface area contributed by atoms with Gasteiger partial charge in [0.2, 0.25) is 0 Å². The van der Waals surface area contributed by atoms with Crippen LogP contribution in [0.3, 0.4) is 0 Å². The summed E-state index contributed by atoms with van der Waals surface area (Å²) in [5.41, 5.74) is 0.832. The molecule has 0 unspecified atom stereocenters. The third kappa shape index (κ3) is 2.71. The molecule has 1 N–H and O–H groups in total. The van der Waals surface area contributed by atoms with Crippen LogP contribution in [0.2, 0.25) is 0 Å². The normalized spacial score (nSPS) is 15.4. The second kappa shape index (κ2) is 5.10. The van der Waals surface area contributed by atoms with Gasteiger partial charge in [0.25, 0.3) is 5.56 Å². The molecule has 0 aromatic carbocycles. The Morgan fingerprint density at radius 1 is 1.56 bits per heavy atom. The lowest BCUT2D eigenvalue weighted by Gasteiger charge is -2.05. The van der Waals surface area contributed by atoms with E-state index in [1.807, 2.05) is 6.92 Å². The van der Waals surface area contributed by atoms with Crippen LogP contribution in [0.4, 0.5) is 0 Å². The number of H-pyrrole nitrogens is 1. The first-order valence-electron chi connectivity index (χ1n) is 5.58.